The molecule has 1 aliphatic heterocycles. The molecule has 10 heavy (non-hydrogen) atoms. The number of ether oxygens (including phenoxy) is 2. The molecule has 0 spiro atoms. The maximum atomic E-state index is 5.55. The van der Waals surface area contributed by atoms with Crippen LogP contribution in [0.2, 0.25) is 0 Å². The lowest BCUT2D eigenvalue weighted by Gasteiger charge is -2.11. The van der Waals surface area contributed by atoms with Gasteiger partial charge in [-0.05, 0) is 12.3 Å². The van der Waals surface area contributed by atoms with Gasteiger partial charge in [-0.3, -0.25) is 0 Å². The predicted octanol–water partition coefficient (Wildman–Crippen LogP) is 1.79. The smallest absolute Gasteiger partial charge is 0.157 e. The Labute approximate surface area is 62.5 Å². The van der Waals surface area contributed by atoms with Crippen molar-refractivity contribution in [3.8, 4) is 0 Å². The molecule has 0 N–H and O–H groups in total. The second kappa shape index (κ2) is 3.35. The summed E-state index contributed by atoms with van der Waals surface area (Å²) in [5, 5.41) is 0. The lowest BCUT2D eigenvalue weighted by molar-refractivity contribution is -0.115. The number of rotatable bonds is 2. The zero-order chi connectivity index (χ0) is 7.56. The molecule has 1 aliphatic rings. The Hall–Kier alpha value is -0.0800. The van der Waals surface area contributed by atoms with Crippen molar-refractivity contribution in [3.63, 3.8) is 0 Å². The van der Waals surface area contributed by atoms with Gasteiger partial charge in [-0.2, -0.15) is 0 Å². The maximum absolute atomic E-state index is 5.55. The molecule has 2 nitrogen and oxygen atoms in total. The van der Waals surface area contributed by atoms with Crippen molar-refractivity contribution in [1.29, 1.82) is 0 Å². The zero-order valence-corrected chi connectivity index (χ0v) is 6.96. The molecule has 60 valence electrons. The molecule has 1 heterocycles. The Morgan fingerprint density at radius 2 is 2.30 bits per heavy atom. The maximum Gasteiger partial charge on any atom is 0.157 e. The van der Waals surface area contributed by atoms with Crippen molar-refractivity contribution in [2.45, 2.75) is 39.1 Å². The summed E-state index contributed by atoms with van der Waals surface area (Å²) in [5.74, 6) is 0.662. The molecular formula is C8H16O2. The molecule has 0 aromatic carbocycles. The third kappa shape index (κ3) is 1.50. The summed E-state index contributed by atoms with van der Waals surface area (Å²) < 4.78 is 10.6. The molecule has 1 unspecified atom stereocenters. The minimum Gasteiger partial charge on any atom is -0.356 e. The van der Waals surface area contributed by atoms with E-state index in [4.69, 9.17) is 9.47 Å². The fourth-order valence-electron chi connectivity index (χ4n) is 1.49. The third-order valence-corrected chi connectivity index (χ3v) is 2.19. The van der Waals surface area contributed by atoms with Gasteiger partial charge in [0, 0.05) is 13.5 Å². The fourth-order valence-corrected chi connectivity index (χ4v) is 1.49. The van der Waals surface area contributed by atoms with Gasteiger partial charge in [0.2, 0.25) is 0 Å². The molecule has 0 radical (unpaired) electrons. The number of hydrogen-bond acceptors (Lipinski definition) is 2. The highest BCUT2D eigenvalue weighted by Gasteiger charge is 2.30. The van der Waals surface area contributed by atoms with Gasteiger partial charge in [0.25, 0.3) is 0 Å². The summed E-state index contributed by atoms with van der Waals surface area (Å²) in [4.78, 5) is 0. The van der Waals surface area contributed by atoms with E-state index in [-0.39, 0.29) is 6.29 Å². The van der Waals surface area contributed by atoms with Gasteiger partial charge < -0.3 is 9.47 Å². The second-order valence-corrected chi connectivity index (χ2v) is 2.96. The summed E-state index contributed by atoms with van der Waals surface area (Å²) in [6.07, 6.45) is 2.63. The van der Waals surface area contributed by atoms with Gasteiger partial charge in [-0.25, -0.2) is 0 Å². The molecule has 0 aromatic heterocycles. The number of hydrogen-bond donors (Lipinski definition) is 0. The second-order valence-electron chi connectivity index (χ2n) is 2.96. The van der Waals surface area contributed by atoms with Crippen molar-refractivity contribution in [3.05, 3.63) is 0 Å². The van der Waals surface area contributed by atoms with E-state index in [0.717, 1.165) is 12.8 Å². The lowest BCUT2D eigenvalue weighted by atomic mass is 10.0. The van der Waals surface area contributed by atoms with Crippen LogP contribution in [0.4, 0.5) is 0 Å². The van der Waals surface area contributed by atoms with Crippen LogP contribution < -0.4 is 0 Å². The van der Waals surface area contributed by atoms with Crippen LogP contribution in [0.1, 0.15) is 26.7 Å². The highest BCUT2D eigenvalue weighted by Crippen LogP contribution is 2.27. The van der Waals surface area contributed by atoms with E-state index in [9.17, 15) is 0 Å². The van der Waals surface area contributed by atoms with Crippen LogP contribution in [-0.4, -0.2) is 19.5 Å². The molecule has 0 aromatic rings. The average molecular weight is 144 g/mol. The Balaban J connectivity index is 2.36. The molecular weight excluding hydrogens is 128 g/mol. The monoisotopic (exact) mass is 144 g/mol. The fraction of sp³-hybridized carbons (Fsp3) is 1.00. The van der Waals surface area contributed by atoms with Gasteiger partial charge in [0.1, 0.15) is 0 Å². The summed E-state index contributed by atoms with van der Waals surface area (Å²) in [6.45, 7) is 4.37. The first kappa shape index (κ1) is 8.02. The van der Waals surface area contributed by atoms with Crippen molar-refractivity contribution in [2.75, 3.05) is 7.11 Å². The first-order valence-corrected chi connectivity index (χ1v) is 3.96. The molecule has 1 saturated heterocycles. The summed E-state index contributed by atoms with van der Waals surface area (Å²) in [6, 6.07) is 0. The third-order valence-electron chi connectivity index (χ3n) is 2.19. The minimum atomic E-state index is 0.0555. The van der Waals surface area contributed by atoms with Crippen molar-refractivity contribution in [2.24, 2.45) is 5.92 Å². The van der Waals surface area contributed by atoms with E-state index in [1.807, 2.05) is 0 Å². The van der Waals surface area contributed by atoms with Crippen molar-refractivity contribution in [1.82, 2.24) is 0 Å². The van der Waals surface area contributed by atoms with Crippen LogP contribution in [0.5, 0.6) is 0 Å². The molecule has 0 amide bonds. The minimum absolute atomic E-state index is 0.0555. The molecule has 1 rings (SSSR count). The van der Waals surface area contributed by atoms with Crippen LogP contribution in [0, 0.1) is 5.92 Å². The first-order valence-electron chi connectivity index (χ1n) is 3.96. The molecule has 1 fully saturated rings. The molecule has 2 heteroatoms. The molecule has 0 bridgehead atoms. The van der Waals surface area contributed by atoms with Crippen LogP contribution in [0.25, 0.3) is 0 Å². The highest BCUT2D eigenvalue weighted by molar-refractivity contribution is 4.73. The van der Waals surface area contributed by atoms with Gasteiger partial charge in [-0.15, -0.1) is 0 Å². The number of methoxy groups -OCH3 is 1. The Kier molecular flexibility index (Phi) is 2.69. The van der Waals surface area contributed by atoms with E-state index in [1.165, 1.54) is 0 Å². The van der Waals surface area contributed by atoms with Crippen LogP contribution in [-0.2, 0) is 9.47 Å². The Morgan fingerprint density at radius 1 is 1.60 bits per heavy atom. The first-order chi connectivity index (χ1) is 4.77. The van der Waals surface area contributed by atoms with Gasteiger partial charge >= 0.3 is 0 Å². The van der Waals surface area contributed by atoms with E-state index < -0.39 is 0 Å². The zero-order valence-electron chi connectivity index (χ0n) is 6.96. The lowest BCUT2D eigenvalue weighted by Crippen LogP contribution is -2.13. The van der Waals surface area contributed by atoms with E-state index >= 15 is 0 Å². The predicted molar refractivity (Wildman–Crippen MR) is 39.7 cm³/mol. The van der Waals surface area contributed by atoms with Crippen molar-refractivity contribution < 1.29 is 9.47 Å². The molecule has 0 aliphatic carbocycles. The SMILES string of the molecule is CC[C@@H]1OC(OC)C[C@H]1C. The standard InChI is InChI=1S/C8H16O2/c1-4-7-6(2)5-8(9-3)10-7/h6-8H,4-5H2,1-3H3/t6-,7+,8?/m1/s1. The van der Waals surface area contributed by atoms with Gasteiger partial charge in [0.15, 0.2) is 6.29 Å². The quantitative estimate of drug-likeness (QED) is 0.588. The van der Waals surface area contributed by atoms with E-state index in [2.05, 4.69) is 13.8 Å². The van der Waals surface area contributed by atoms with E-state index in [1.54, 1.807) is 7.11 Å². The average Bonchev–Trinajstić information content (AvgIpc) is 2.30. The van der Waals surface area contributed by atoms with Crippen LogP contribution in [0.15, 0.2) is 0 Å². The van der Waals surface area contributed by atoms with Crippen LogP contribution in [0.3, 0.4) is 0 Å². The largest absolute Gasteiger partial charge is 0.356 e. The summed E-state index contributed by atoms with van der Waals surface area (Å²) >= 11 is 0. The van der Waals surface area contributed by atoms with Gasteiger partial charge in [-0.1, -0.05) is 13.8 Å². The van der Waals surface area contributed by atoms with E-state index in [0.29, 0.717) is 12.0 Å². The van der Waals surface area contributed by atoms with Crippen molar-refractivity contribution >= 4 is 0 Å². The Bertz CT molecular complexity index is 103. The summed E-state index contributed by atoms with van der Waals surface area (Å²) in [7, 11) is 1.70. The molecule has 0 saturated carbocycles. The van der Waals surface area contributed by atoms with Crippen LogP contribution >= 0.6 is 0 Å². The Morgan fingerprint density at radius 3 is 2.60 bits per heavy atom. The van der Waals surface area contributed by atoms with Gasteiger partial charge in [0.05, 0.1) is 6.10 Å². The normalized spacial score (nSPS) is 40.5. The molecule has 3 atom stereocenters. The summed E-state index contributed by atoms with van der Waals surface area (Å²) in [5.41, 5.74) is 0. The topological polar surface area (TPSA) is 18.5 Å². The highest BCUT2D eigenvalue weighted by atomic mass is 16.7.